The number of benzene rings is 1. The van der Waals surface area contributed by atoms with Gasteiger partial charge in [0.25, 0.3) is 0 Å². The van der Waals surface area contributed by atoms with Gasteiger partial charge in [-0.2, -0.15) is 0 Å². The first kappa shape index (κ1) is 25.3. The lowest BCUT2D eigenvalue weighted by Crippen LogP contribution is -1.77. The molecule has 0 spiro atoms. The quantitative estimate of drug-likeness (QED) is 0.513. The Morgan fingerprint density at radius 1 is 0.833 bits per heavy atom. The van der Waals surface area contributed by atoms with Crippen LogP contribution in [0.15, 0.2) is 49.6 Å². The van der Waals surface area contributed by atoms with Crippen molar-refractivity contribution in [3.63, 3.8) is 0 Å². The van der Waals surface area contributed by atoms with Crippen molar-refractivity contribution in [2.24, 2.45) is 0 Å². The van der Waals surface area contributed by atoms with E-state index in [9.17, 15) is 0 Å². The van der Waals surface area contributed by atoms with Gasteiger partial charge in [0.05, 0.1) is 0 Å². The Hall–Kier alpha value is -1.56. The van der Waals surface area contributed by atoms with E-state index in [0.29, 0.717) is 0 Å². The molecule has 0 fully saturated rings. The van der Waals surface area contributed by atoms with E-state index in [4.69, 9.17) is 0 Å². The van der Waals surface area contributed by atoms with E-state index >= 15 is 0 Å². The summed E-state index contributed by atoms with van der Waals surface area (Å²) >= 11 is 0. The smallest absolute Gasteiger partial charge is 0.0184 e. The normalized spacial score (nSPS) is 7.33. The molecule has 0 atom stereocenters. The molecule has 18 heavy (non-hydrogen) atoms. The highest BCUT2D eigenvalue weighted by Gasteiger charge is 1.90. The minimum Gasteiger partial charge on any atom is -0.0991 e. The fraction of sp³-hybridized carbons (Fsp3) is 0.333. The van der Waals surface area contributed by atoms with Gasteiger partial charge in [-0.25, -0.2) is 0 Å². The number of hydrogen-bond acceptors (Lipinski definition) is 0. The SMILES string of the molecule is C.C.C=C/C=C\c1ccccc1C=C.CC.CC. The van der Waals surface area contributed by atoms with Gasteiger partial charge in [0.1, 0.15) is 0 Å². The van der Waals surface area contributed by atoms with Crippen LogP contribution in [0, 0.1) is 0 Å². The van der Waals surface area contributed by atoms with Crippen LogP contribution in [-0.4, -0.2) is 0 Å². The second-order valence-corrected chi connectivity index (χ2v) is 2.43. The van der Waals surface area contributed by atoms with E-state index in [1.54, 1.807) is 6.08 Å². The maximum absolute atomic E-state index is 3.74. The highest BCUT2D eigenvalue weighted by Crippen LogP contribution is 2.11. The Bertz CT molecular complexity index is 306. The first-order valence-corrected chi connectivity index (χ1v) is 5.89. The van der Waals surface area contributed by atoms with Gasteiger partial charge in [-0.1, -0.05) is 104 Å². The number of allylic oxidation sites excluding steroid dienone is 2. The van der Waals surface area contributed by atoms with Crippen molar-refractivity contribution in [3.8, 4) is 0 Å². The van der Waals surface area contributed by atoms with Crippen molar-refractivity contribution >= 4 is 12.2 Å². The molecule has 0 aliphatic rings. The van der Waals surface area contributed by atoms with Gasteiger partial charge in [0.2, 0.25) is 0 Å². The Morgan fingerprint density at radius 2 is 1.28 bits per heavy atom. The Kier molecular flexibility index (Phi) is 29.3. The fourth-order valence-electron chi connectivity index (χ4n) is 1.02. The van der Waals surface area contributed by atoms with Gasteiger partial charge in [-0.3, -0.25) is 0 Å². The van der Waals surface area contributed by atoms with Gasteiger partial charge in [0.15, 0.2) is 0 Å². The van der Waals surface area contributed by atoms with Gasteiger partial charge in [-0.05, 0) is 11.1 Å². The molecule has 0 N–H and O–H groups in total. The van der Waals surface area contributed by atoms with Crippen LogP contribution in [0.2, 0.25) is 0 Å². The molecule has 1 rings (SSSR count). The van der Waals surface area contributed by atoms with Crippen LogP contribution in [-0.2, 0) is 0 Å². The minimum atomic E-state index is 0. The molecule has 1 aromatic rings. The predicted octanol–water partition coefficient (Wildman–Crippen LogP) is 6.85. The Balaban J connectivity index is -0.000000149. The maximum atomic E-state index is 3.74. The van der Waals surface area contributed by atoms with E-state index in [1.807, 2.05) is 64.1 Å². The molecule has 104 valence electrons. The van der Waals surface area contributed by atoms with Crippen LogP contribution in [0.5, 0.6) is 0 Å². The predicted molar refractivity (Wildman–Crippen MR) is 91.9 cm³/mol. The minimum absolute atomic E-state index is 0. The van der Waals surface area contributed by atoms with Crippen LogP contribution < -0.4 is 0 Å². The summed E-state index contributed by atoms with van der Waals surface area (Å²) in [6, 6.07) is 8.10. The third-order valence-corrected chi connectivity index (χ3v) is 1.63. The monoisotopic (exact) mass is 248 g/mol. The first-order valence-electron chi connectivity index (χ1n) is 5.89. The zero-order chi connectivity index (χ0) is 12.8. The van der Waals surface area contributed by atoms with Gasteiger partial charge in [0, 0.05) is 0 Å². The van der Waals surface area contributed by atoms with E-state index in [-0.39, 0.29) is 14.9 Å². The van der Waals surface area contributed by atoms with Crippen molar-refractivity contribution in [2.75, 3.05) is 0 Å². The van der Waals surface area contributed by atoms with Crippen LogP contribution in [0.3, 0.4) is 0 Å². The number of rotatable bonds is 3. The second kappa shape index (κ2) is 20.8. The van der Waals surface area contributed by atoms with Gasteiger partial charge < -0.3 is 0 Å². The lowest BCUT2D eigenvalue weighted by molar-refractivity contribution is 1.50. The topological polar surface area (TPSA) is 0 Å². The molecule has 0 heterocycles. The summed E-state index contributed by atoms with van der Waals surface area (Å²) in [5.41, 5.74) is 2.32. The molecule has 0 saturated heterocycles. The van der Waals surface area contributed by atoms with Crippen LogP contribution in [0.1, 0.15) is 53.7 Å². The molecule has 0 nitrogen and oxygen atoms in total. The molecule has 0 saturated carbocycles. The Morgan fingerprint density at radius 3 is 1.67 bits per heavy atom. The fourth-order valence-corrected chi connectivity index (χ4v) is 1.02. The third-order valence-electron chi connectivity index (χ3n) is 1.63. The zero-order valence-corrected chi connectivity index (χ0v) is 11.0. The van der Waals surface area contributed by atoms with Crippen LogP contribution in [0.4, 0.5) is 0 Å². The van der Waals surface area contributed by atoms with Gasteiger partial charge >= 0.3 is 0 Å². The third kappa shape index (κ3) is 10.9. The molecule has 0 amide bonds. The van der Waals surface area contributed by atoms with Crippen molar-refractivity contribution in [1.82, 2.24) is 0 Å². The lowest BCUT2D eigenvalue weighted by Gasteiger charge is -1.97. The highest BCUT2D eigenvalue weighted by atomic mass is 14.0. The highest BCUT2D eigenvalue weighted by molar-refractivity contribution is 5.64. The average molecular weight is 248 g/mol. The summed E-state index contributed by atoms with van der Waals surface area (Å²) in [4.78, 5) is 0. The molecular formula is C18H32. The van der Waals surface area contributed by atoms with E-state index in [1.165, 1.54) is 5.56 Å². The van der Waals surface area contributed by atoms with Crippen LogP contribution >= 0.6 is 0 Å². The van der Waals surface area contributed by atoms with E-state index < -0.39 is 0 Å². The molecular weight excluding hydrogens is 216 g/mol. The van der Waals surface area contributed by atoms with E-state index in [2.05, 4.69) is 19.2 Å². The largest absolute Gasteiger partial charge is 0.0991 e. The molecule has 0 aliphatic heterocycles. The lowest BCUT2D eigenvalue weighted by atomic mass is 10.1. The molecule has 0 heteroatoms. The summed E-state index contributed by atoms with van der Waals surface area (Å²) in [6.07, 6.45) is 7.55. The summed E-state index contributed by atoms with van der Waals surface area (Å²) in [5.74, 6) is 0. The molecule has 0 bridgehead atoms. The number of hydrogen-bond donors (Lipinski definition) is 0. The second-order valence-electron chi connectivity index (χ2n) is 2.43. The summed E-state index contributed by atoms with van der Waals surface area (Å²) in [5, 5.41) is 0. The van der Waals surface area contributed by atoms with Gasteiger partial charge in [-0.15, -0.1) is 0 Å². The van der Waals surface area contributed by atoms with Crippen molar-refractivity contribution in [2.45, 2.75) is 42.5 Å². The van der Waals surface area contributed by atoms with Crippen LogP contribution in [0.25, 0.3) is 12.2 Å². The summed E-state index contributed by atoms with van der Waals surface area (Å²) < 4.78 is 0. The van der Waals surface area contributed by atoms with Crippen molar-refractivity contribution in [3.05, 3.63) is 60.7 Å². The molecule has 0 radical (unpaired) electrons. The van der Waals surface area contributed by atoms with Crippen molar-refractivity contribution in [1.29, 1.82) is 0 Å². The maximum Gasteiger partial charge on any atom is -0.0184 e. The Labute approximate surface area is 116 Å². The van der Waals surface area contributed by atoms with E-state index in [0.717, 1.165) is 5.56 Å². The summed E-state index contributed by atoms with van der Waals surface area (Å²) in [6.45, 7) is 15.4. The molecule has 0 aliphatic carbocycles. The van der Waals surface area contributed by atoms with Crippen molar-refractivity contribution < 1.29 is 0 Å². The molecule has 0 aromatic heterocycles. The standard InChI is InChI=1S/C12H12.2C2H6.2CH4/c1-3-5-8-12-10-7-6-9-11(12)4-2;2*1-2;;/h3-10H,1-2H2;2*1-2H3;2*1H4/b8-5-;;;;. The summed E-state index contributed by atoms with van der Waals surface area (Å²) in [7, 11) is 0. The molecule has 0 unspecified atom stereocenters. The first-order chi connectivity index (χ1) is 7.88. The zero-order valence-electron chi connectivity index (χ0n) is 11.0. The molecule has 1 aromatic carbocycles. The average Bonchev–Trinajstić information content (AvgIpc) is 2.41.